The Hall–Kier alpha value is -1.09. The second kappa shape index (κ2) is 10.0. The molecule has 2 fully saturated rings. The lowest BCUT2D eigenvalue weighted by molar-refractivity contribution is -0.0891. The molecule has 0 radical (unpaired) electrons. The second-order valence-electron chi connectivity index (χ2n) is 9.14. The van der Waals surface area contributed by atoms with Crippen LogP contribution in [0, 0.1) is 6.92 Å². The van der Waals surface area contributed by atoms with Gasteiger partial charge in [-0.15, -0.1) is 0 Å². The highest BCUT2D eigenvalue weighted by Gasteiger charge is 2.47. The Labute approximate surface area is 195 Å². The van der Waals surface area contributed by atoms with E-state index in [9.17, 15) is 22.0 Å². The Balaban J connectivity index is 1.74. The zero-order valence-corrected chi connectivity index (χ0v) is 20.5. The number of alkyl halides is 2. The van der Waals surface area contributed by atoms with Crippen molar-refractivity contribution >= 4 is 27.4 Å². The number of rotatable bonds is 8. The van der Waals surface area contributed by atoms with Gasteiger partial charge in [-0.05, 0) is 44.2 Å². The van der Waals surface area contributed by atoms with E-state index in [-0.39, 0.29) is 30.8 Å². The molecule has 32 heavy (non-hydrogen) atoms. The van der Waals surface area contributed by atoms with Gasteiger partial charge in [0.2, 0.25) is 15.9 Å². The molecule has 3 rings (SSSR count). The fourth-order valence-electron chi connectivity index (χ4n) is 5.09. The standard InChI is InChI=1S/C23H33ClF2N2O3S/c1-3-17-32(30,31)28-15-13-27(14-16-28)22(9-11-23(25,26)12-10-22)8-7-20(29)21-18(2)5-4-6-19(21)24/h4-6H,3,7-17H2,1-2H3. The van der Waals surface area contributed by atoms with E-state index in [0.29, 0.717) is 62.4 Å². The summed E-state index contributed by atoms with van der Waals surface area (Å²) in [5.41, 5.74) is 0.787. The van der Waals surface area contributed by atoms with Crippen LogP contribution < -0.4 is 0 Å². The summed E-state index contributed by atoms with van der Waals surface area (Å²) in [6, 6.07) is 5.33. The molecule has 1 saturated heterocycles. The number of hydrogen-bond donors (Lipinski definition) is 0. The summed E-state index contributed by atoms with van der Waals surface area (Å²) >= 11 is 6.26. The quantitative estimate of drug-likeness (QED) is 0.485. The Bertz CT molecular complexity index is 901. The van der Waals surface area contributed by atoms with E-state index in [2.05, 4.69) is 4.90 Å². The first-order valence-electron chi connectivity index (χ1n) is 11.4. The van der Waals surface area contributed by atoms with E-state index in [1.165, 1.54) is 4.31 Å². The van der Waals surface area contributed by atoms with Crippen LogP contribution in [0.4, 0.5) is 8.78 Å². The van der Waals surface area contributed by atoms with Gasteiger partial charge in [-0.25, -0.2) is 17.2 Å². The number of nitrogens with zero attached hydrogens (tertiary/aromatic N) is 2. The van der Waals surface area contributed by atoms with Gasteiger partial charge in [0.1, 0.15) is 0 Å². The molecule has 1 heterocycles. The topological polar surface area (TPSA) is 57.7 Å². The number of sulfonamides is 1. The fourth-order valence-corrected chi connectivity index (χ4v) is 6.91. The summed E-state index contributed by atoms with van der Waals surface area (Å²) < 4.78 is 54.3. The van der Waals surface area contributed by atoms with Crippen LogP contribution >= 0.6 is 11.6 Å². The van der Waals surface area contributed by atoms with Crippen LogP contribution in [0.5, 0.6) is 0 Å². The van der Waals surface area contributed by atoms with Crippen molar-refractivity contribution in [3.8, 4) is 0 Å². The predicted molar refractivity (Wildman–Crippen MR) is 123 cm³/mol. The van der Waals surface area contributed by atoms with Gasteiger partial charge in [0.25, 0.3) is 0 Å². The summed E-state index contributed by atoms with van der Waals surface area (Å²) in [4.78, 5) is 15.2. The lowest BCUT2D eigenvalue weighted by Gasteiger charge is -2.51. The molecule has 1 aromatic rings. The summed E-state index contributed by atoms with van der Waals surface area (Å²) in [7, 11) is -3.28. The number of aryl methyl sites for hydroxylation is 1. The second-order valence-corrected chi connectivity index (χ2v) is 11.6. The van der Waals surface area contributed by atoms with Crippen molar-refractivity contribution in [2.75, 3.05) is 31.9 Å². The first-order chi connectivity index (χ1) is 15.0. The summed E-state index contributed by atoms with van der Waals surface area (Å²) in [6.07, 6.45) is 1.44. The highest BCUT2D eigenvalue weighted by atomic mass is 35.5. The lowest BCUT2D eigenvalue weighted by atomic mass is 9.74. The van der Waals surface area contributed by atoms with Crippen LogP contribution in [0.2, 0.25) is 5.02 Å². The van der Waals surface area contributed by atoms with Crippen LogP contribution in [0.15, 0.2) is 18.2 Å². The Kier molecular flexibility index (Phi) is 8.01. The van der Waals surface area contributed by atoms with Crippen molar-refractivity contribution in [3.63, 3.8) is 0 Å². The summed E-state index contributed by atoms with van der Waals surface area (Å²) in [6.45, 7) is 5.38. The van der Waals surface area contributed by atoms with Crippen molar-refractivity contribution in [1.29, 1.82) is 0 Å². The number of Topliss-reactive ketones (excluding diaryl/α,β-unsaturated/α-hetero) is 1. The Morgan fingerprint density at radius 1 is 1.09 bits per heavy atom. The molecule has 180 valence electrons. The van der Waals surface area contributed by atoms with Gasteiger partial charge in [0, 0.05) is 56.5 Å². The molecule has 0 spiro atoms. The van der Waals surface area contributed by atoms with Gasteiger partial charge in [-0.1, -0.05) is 30.7 Å². The lowest BCUT2D eigenvalue weighted by Crippen LogP contribution is -2.60. The van der Waals surface area contributed by atoms with Crippen LogP contribution in [0.1, 0.15) is 67.8 Å². The number of carbonyl (C=O) groups excluding carboxylic acids is 1. The molecular formula is C23H33ClF2N2O3S. The summed E-state index contributed by atoms with van der Waals surface area (Å²) in [5, 5.41) is 0.411. The maximum Gasteiger partial charge on any atom is 0.248 e. The molecule has 0 atom stereocenters. The molecule has 2 aliphatic rings. The molecule has 1 saturated carbocycles. The van der Waals surface area contributed by atoms with E-state index in [1.807, 2.05) is 19.9 Å². The first kappa shape index (κ1) is 25.5. The number of benzene rings is 1. The number of piperazine rings is 1. The zero-order chi connectivity index (χ0) is 23.6. The molecule has 0 bridgehead atoms. The van der Waals surface area contributed by atoms with Crippen molar-refractivity contribution in [2.24, 2.45) is 0 Å². The van der Waals surface area contributed by atoms with Gasteiger partial charge in [0.05, 0.1) is 10.8 Å². The molecule has 0 aromatic heterocycles. The molecule has 0 amide bonds. The number of hydrogen-bond acceptors (Lipinski definition) is 4. The van der Waals surface area contributed by atoms with Crippen molar-refractivity contribution < 1.29 is 22.0 Å². The third kappa shape index (κ3) is 5.69. The van der Waals surface area contributed by atoms with Gasteiger partial charge in [-0.2, -0.15) is 4.31 Å². The highest BCUT2D eigenvalue weighted by Crippen LogP contribution is 2.44. The van der Waals surface area contributed by atoms with Crippen LogP contribution in [-0.4, -0.2) is 66.8 Å². The Morgan fingerprint density at radius 2 is 1.72 bits per heavy atom. The van der Waals surface area contributed by atoms with Crippen LogP contribution in [0.3, 0.4) is 0 Å². The largest absolute Gasteiger partial charge is 0.295 e. The molecule has 5 nitrogen and oxygen atoms in total. The molecule has 0 unspecified atom stereocenters. The summed E-state index contributed by atoms with van der Waals surface area (Å²) in [5.74, 6) is -2.64. The minimum Gasteiger partial charge on any atom is -0.295 e. The van der Waals surface area contributed by atoms with E-state index < -0.39 is 21.5 Å². The van der Waals surface area contributed by atoms with Gasteiger partial charge < -0.3 is 0 Å². The number of carbonyl (C=O) groups is 1. The molecule has 1 aliphatic carbocycles. The maximum atomic E-state index is 14.0. The molecule has 9 heteroatoms. The maximum absolute atomic E-state index is 14.0. The van der Waals surface area contributed by atoms with Gasteiger partial charge in [0.15, 0.2) is 5.78 Å². The van der Waals surface area contributed by atoms with Crippen LogP contribution in [-0.2, 0) is 10.0 Å². The number of halogens is 3. The van der Waals surface area contributed by atoms with E-state index in [0.717, 1.165) is 5.56 Å². The number of ketones is 1. The molecule has 0 N–H and O–H groups in total. The van der Waals surface area contributed by atoms with Crippen molar-refractivity contribution in [1.82, 2.24) is 9.21 Å². The SMILES string of the molecule is CCCS(=O)(=O)N1CCN(C2(CCC(=O)c3c(C)cccc3Cl)CCC(F)(F)CC2)CC1. The molecule has 1 aromatic carbocycles. The first-order valence-corrected chi connectivity index (χ1v) is 13.4. The minimum atomic E-state index is -3.28. The normalized spacial score (nSPS) is 22.0. The highest BCUT2D eigenvalue weighted by molar-refractivity contribution is 7.89. The fraction of sp³-hybridized carbons (Fsp3) is 0.696. The van der Waals surface area contributed by atoms with Gasteiger partial charge >= 0.3 is 0 Å². The molecule has 1 aliphatic heterocycles. The van der Waals surface area contributed by atoms with E-state index in [4.69, 9.17) is 11.6 Å². The Morgan fingerprint density at radius 3 is 2.28 bits per heavy atom. The third-order valence-electron chi connectivity index (χ3n) is 7.00. The third-order valence-corrected chi connectivity index (χ3v) is 9.39. The zero-order valence-electron chi connectivity index (χ0n) is 18.9. The smallest absolute Gasteiger partial charge is 0.248 e. The monoisotopic (exact) mass is 490 g/mol. The van der Waals surface area contributed by atoms with Crippen LogP contribution in [0.25, 0.3) is 0 Å². The minimum absolute atomic E-state index is 0.0750. The van der Waals surface area contributed by atoms with E-state index in [1.54, 1.807) is 12.1 Å². The predicted octanol–water partition coefficient (Wildman–Crippen LogP) is 4.92. The van der Waals surface area contributed by atoms with Crippen molar-refractivity contribution in [3.05, 3.63) is 34.3 Å². The van der Waals surface area contributed by atoms with Gasteiger partial charge in [-0.3, -0.25) is 9.69 Å². The molecular weight excluding hydrogens is 458 g/mol. The van der Waals surface area contributed by atoms with E-state index >= 15 is 0 Å². The van der Waals surface area contributed by atoms with Crippen molar-refractivity contribution in [2.45, 2.75) is 70.3 Å². The average molecular weight is 491 g/mol. The average Bonchev–Trinajstić information content (AvgIpc) is 2.73.